The third-order valence-corrected chi connectivity index (χ3v) is 8.11. The molecule has 0 saturated carbocycles. The van der Waals surface area contributed by atoms with Gasteiger partial charge in [-0.1, -0.05) is 25.6 Å². The second kappa shape index (κ2) is 10.1. The molecule has 10 nitrogen and oxygen atoms in total. The van der Waals surface area contributed by atoms with Crippen molar-refractivity contribution >= 4 is 50.2 Å². The van der Waals surface area contributed by atoms with Crippen LogP contribution in [-0.2, 0) is 27.3 Å². The number of anilines is 1. The average molecular weight is 532 g/mol. The van der Waals surface area contributed by atoms with E-state index in [9.17, 15) is 9.59 Å². The Morgan fingerprint density at radius 3 is 2.68 bits per heavy atom. The van der Waals surface area contributed by atoms with Crippen molar-refractivity contribution in [3.63, 3.8) is 0 Å². The highest BCUT2D eigenvalue weighted by atomic mass is 32.1. The molecule has 2 amide bonds. The molecule has 6 rings (SSSR count). The number of imidazole rings is 1. The zero-order valence-electron chi connectivity index (χ0n) is 21.3. The molecule has 0 atom stereocenters. The molecule has 4 aromatic rings. The molecule has 0 spiro atoms. The molecule has 11 heteroatoms. The second-order valence-electron chi connectivity index (χ2n) is 9.36. The number of hydrogen-bond acceptors (Lipinski definition) is 8. The van der Waals surface area contributed by atoms with Crippen LogP contribution < -0.4 is 4.90 Å². The van der Waals surface area contributed by atoms with Crippen LogP contribution in [0.5, 0.6) is 0 Å². The highest BCUT2D eigenvalue weighted by Gasteiger charge is 2.27. The van der Waals surface area contributed by atoms with Crippen LogP contribution in [0.2, 0.25) is 0 Å². The van der Waals surface area contributed by atoms with Gasteiger partial charge in [0.15, 0.2) is 5.82 Å². The van der Waals surface area contributed by atoms with E-state index in [2.05, 4.69) is 29.0 Å². The summed E-state index contributed by atoms with van der Waals surface area (Å²) in [6.45, 7) is 9.95. The summed E-state index contributed by atoms with van der Waals surface area (Å²) in [5, 5.41) is 0. The van der Waals surface area contributed by atoms with E-state index in [0.717, 1.165) is 57.3 Å². The zero-order valence-corrected chi connectivity index (χ0v) is 22.1. The van der Waals surface area contributed by atoms with Crippen LogP contribution in [0.25, 0.3) is 27.2 Å². The summed E-state index contributed by atoms with van der Waals surface area (Å²) >= 11 is 1.62. The van der Waals surface area contributed by atoms with Gasteiger partial charge in [0.1, 0.15) is 12.4 Å². The third-order valence-electron chi connectivity index (χ3n) is 7.00. The van der Waals surface area contributed by atoms with Crippen LogP contribution >= 0.6 is 11.3 Å². The van der Waals surface area contributed by atoms with Crippen molar-refractivity contribution in [2.75, 3.05) is 50.8 Å². The molecule has 196 valence electrons. The van der Waals surface area contributed by atoms with Crippen molar-refractivity contribution < 1.29 is 14.3 Å². The van der Waals surface area contributed by atoms with Crippen LogP contribution in [0.15, 0.2) is 43.0 Å². The van der Waals surface area contributed by atoms with Crippen molar-refractivity contribution in [2.45, 2.75) is 19.9 Å². The van der Waals surface area contributed by atoms with E-state index in [1.54, 1.807) is 16.2 Å². The van der Waals surface area contributed by atoms with Crippen molar-refractivity contribution in [1.82, 2.24) is 29.3 Å². The lowest BCUT2D eigenvalue weighted by Gasteiger charge is -2.33. The number of rotatable bonds is 6. The Bertz CT molecular complexity index is 1540. The fourth-order valence-corrected chi connectivity index (χ4v) is 6.17. The Morgan fingerprint density at radius 2 is 1.92 bits per heavy atom. The lowest BCUT2D eigenvalue weighted by molar-refractivity contribution is -0.143. The van der Waals surface area contributed by atoms with Gasteiger partial charge in [0.05, 0.1) is 41.0 Å². The molecule has 0 radical (unpaired) electrons. The Morgan fingerprint density at radius 1 is 1.11 bits per heavy atom. The normalized spacial score (nSPS) is 16.6. The molecule has 2 aliphatic rings. The summed E-state index contributed by atoms with van der Waals surface area (Å²) in [6, 6.07) is 10.1. The van der Waals surface area contributed by atoms with Gasteiger partial charge in [-0.25, -0.2) is 9.97 Å². The van der Waals surface area contributed by atoms with Crippen molar-refractivity contribution in [3.8, 4) is 5.95 Å². The molecule has 2 fully saturated rings. The Kier molecular flexibility index (Phi) is 6.54. The van der Waals surface area contributed by atoms with Crippen LogP contribution in [0.4, 0.5) is 5.82 Å². The topological polar surface area (TPSA) is 96.7 Å². The summed E-state index contributed by atoms with van der Waals surface area (Å²) in [5.41, 5.74) is 2.74. The smallest absolute Gasteiger partial charge is 0.246 e. The first-order valence-electron chi connectivity index (χ1n) is 12.8. The monoisotopic (exact) mass is 531 g/mol. The molecule has 2 saturated heterocycles. The molecule has 0 aliphatic carbocycles. The quantitative estimate of drug-likeness (QED) is 0.353. The van der Waals surface area contributed by atoms with E-state index in [1.807, 2.05) is 24.3 Å². The number of amides is 2. The minimum atomic E-state index is -0.212. The van der Waals surface area contributed by atoms with Gasteiger partial charge in [0.2, 0.25) is 17.8 Å². The van der Waals surface area contributed by atoms with E-state index >= 15 is 0 Å². The number of para-hydroxylation sites is 2. The van der Waals surface area contributed by atoms with Gasteiger partial charge in [0.25, 0.3) is 0 Å². The first-order chi connectivity index (χ1) is 18.6. The maximum Gasteiger partial charge on any atom is 0.246 e. The Labute approximate surface area is 224 Å². The first-order valence-corrected chi connectivity index (χ1v) is 13.7. The number of carbonyl (C=O) groups is 2. The number of thiophene rings is 1. The molecule has 1 aromatic carbocycles. The number of fused-ring (bicyclic) bond motifs is 2. The van der Waals surface area contributed by atoms with Crippen molar-refractivity contribution in [3.05, 3.63) is 53.7 Å². The van der Waals surface area contributed by atoms with Crippen LogP contribution in [0, 0.1) is 0 Å². The number of morpholine rings is 1. The first kappa shape index (κ1) is 24.5. The molecule has 3 aromatic heterocycles. The molecular formula is C27H29N7O3S. The maximum atomic E-state index is 12.8. The van der Waals surface area contributed by atoms with Crippen LogP contribution in [-0.4, -0.2) is 87.1 Å². The van der Waals surface area contributed by atoms with E-state index in [1.165, 1.54) is 11.0 Å². The molecule has 0 bridgehead atoms. The van der Waals surface area contributed by atoms with Gasteiger partial charge in [-0.15, -0.1) is 11.3 Å². The van der Waals surface area contributed by atoms with Gasteiger partial charge in [0, 0.05) is 37.5 Å². The average Bonchev–Trinajstić information content (AvgIpc) is 3.54. The van der Waals surface area contributed by atoms with E-state index in [4.69, 9.17) is 19.7 Å². The highest BCUT2D eigenvalue weighted by molar-refractivity contribution is 7.19. The predicted molar refractivity (Wildman–Crippen MR) is 147 cm³/mol. The van der Waals surface area contributed by atoms with Gasteiger partial charge < -0.3 is 19.4 Å². The highest BCUT2D eigenvalue weighted by Crippen LogP contribution is 2.35. The standard InChI is InChI=1S/C27H29N7O3S/c1-3-22-28-19-7-5-6-8-21(19)34(22)27-29-20-15-18(16-32-9-10-33(17-24(32)36)23(35)4-2)38-25(20)26(30-27)31-11-13-37-14-12-31/h4-8,15H,2-3,9-14,16-17H2,1H3. The second-order valence-corrected chi connectivity index (χ2v) is 10.5. The number of benzene rings is 1. The SMILES string of the molecule is C=CC(=O)N1CCN(Cc2cc3nc(-n4c(CC)nc5ccccc54)nc(N4CCOCC4)c3s2)C(=O)C1. The lowest BCUT2D eigenvalue weighted by atomic mass is 10.2. The van der Waals surface area contributed by atoms with Gasteiger partial charge in [-0.3, -0.25) is 14.2 Å². The molecular weight excluding hydrogens is 502 g/mol. The number of aryl methyl sites for hydroxylation is 1. The summed E-state index contributed by atoms with van der Waals surface area (Å²) < 4.78 is 8.66. The largest absolute Gasteiger partial charge is 0.378 e. The lowest BCUT2D eigenvalue weighted by Crippen LogP contribution is -2.51. The van der Waals surface area contributed by atoms with Crippen LogP contribution in [0.1, 0.15) is 17.6 Å². The molecule has 2 aliphatic heterocycles. The number of nitrogens with zero attached hydrogens (tertiary/aromatic N) is 7. The summed E-state index contributed by atoms with van der Waals surface area (Å²) in [4.78, 5) is 46.3. The third kappa shape index (κ3) is 4.41. The fraction of sp³-hybridized carbons (Fsp3) is 0.370. The number of carbonyl (C=O) groups excluding carboxylic acids is 2. The summed E-state index contributed by atoms with van der Waals surface area (Å²) in [5.74, 6) is 2.11. The fourth-order valence-electron chi connectivity index (χ4n) is 5.04. The minimum absolute atomic E-state index is 0.0680. The van der Waals surface area contributed by atoms with E-state index < -0.39 is 0 Å². The van der Waals surface area contributed by atoms with Crippen LogP contribution in [0.3, 0.4) is 0 Å². The Hall–Kier alpha value is -3.83. The molecule has 5 heterocycles. The van der Waals surface area contributed by atoms with Gasteiger partial charge in [-0.05, 0) is 24.3 Å². The number of hydrogen-bond donors (Lipinski definition) is 0. The van der Waals surface area contributed by atoms with Crippen molar-refractivity contribution in [1.29, 1.82) is 0 Å². The number of ether oxygens (including phenoxy) is 1. The number of piperazine rings is 1. The summed E-state index contributed by atoms with van der Waals surface area (Å²) in [7, 11) is 0. The predicted octanol–water partition coefficient (Wildman–Crippen LogP) is 2.79. The molecule has 0 unspecified atom stereocenters. The van der Waals surface area contributed by atoms with Crippen molar-refractivity contribution in [2.24, 2.45) is 0 Å². The molecule has 38 heavy (non-hydrogen) atoms. The number of aromatic nitrogens is 4. The Balaban J connectivity index is 1.40. The zero-order chi connectivity index (χ0) is 26.2. The van der Waals surface area contributed by atoms with E-state index in [0.29, 0.717) is 38.8 Å². The molecule has 0 N–H and O–H groups in total. The summed E-state index contributed by atoms with van der Waals surface area (Å²) in [6.07, 6.45) is 2.01. The van der Waals surface area contributed by atoms with Gasteiger partial charge in [-0.2, -0.15) is 4.98 Å². The van der Waals surface area contributed by atoms with E-state index in [-0.39, 0.29) is 18.4 Å². The van der Waals surface area contributed by atoms with Gasteiger partial charge >= 0.3 is 0 Å². The maximum absolute atomic E-state index is 12.8. The minimum Gasteiger partial charge on any atom is -0.378 e.